The van der Waals surface area contributed by atoms with Crippen molar-refractivity contribution in [2.45, 2.75) is 19.8 Å². The van der Waals surface area contributed by atoms with E-state index in [1.807, 2.05) is 54.9 Å². The number of carbonyl (C=O) groups is 1. The van der Waals surface area contributed by atoms with Crippen LogP contribution in [0.1, 0.15) is 44.2 Å². The maximum Gasteiger partial charge on any atom is 0.196 e. The number of hydrogen-bond acceptors (Lipinski definition) is 5. The van der Waals surface area contributed by atoms with Gasteiger partial charge in [-0.05, 0) is 61.2 Å². The minimum atomic E-state index is -0.0174. The number of nitrogens with zero attached hydrogens (tertiary/aromatic N) is 2. The summed E-state index contributed by atoms with van der Waals surface area (Å²) in [4.78, 5) is 23.4. The molecule has 0 fully saturated rings. The van der Waals surface area contributed by atoms with E-state index in [0.29, 0.717) is 29.2 Å². The van der Waals surface area contributed by atoms with Crippen molar-refractivity contribution < 1.29 is 9.53 Å². The van der Waals surface area contributed by atoms with Gasteiger partial charge in [-0.3, -0.25) is 9.78 Å². The van der Waals surface area contributed by atoms with Gasteiger partial charge in [0, 0.05) is 17.3 Å². The highest BCUT2D eigenvalue weighted by Crippen LogP contribution is 2.44. The Labute approximate surface area is 191 Å². The number of benzene rings is 2. The first kappa shape index (κ1) is 20.3. The van der Waals surface area contributed by atoms with E-state index >= 15 is 0 Å². The lowest BCUT2D eigenvalue weighted by Crippen LogP contribution is -2.02. The van der Waals surface area contributed by atoms with Gasteiger partial charge in [-0.15, -0.1) is 11.3 Å². The Hall–Kier alpha value is -3.57. The van der Waals surface area contributed by atoms with Crippen LogP contribution in [0.25, 0.3) is 11.1 Å². The Morgan fingerprint density at radius 1 is 0.906 bits per heavy atom. The van der Waals surface area contributed by atoms with Crippen LogP contribution in [-0.4, -0.2) is 22.4 Å². The second-order valence-electron chi connectivity index (χ2n) is 7.71. The number of Topliss-reactive ketones (excluding diaryl/α,β-unsaturated/α-hetero) is 1. The number of ether oxygens (including phenoxy) is 1. The first-order chi connectivity index (χ1) is 15.7. The maximum atomic E-state index is 13.5. The number of pyridine rings is 1. The smallest absolute Gasteiger partial charge is 0.196 e. The zero-order chi connectivity index (χ0) is 21.9. The van der Waals surface area contributed by atoms with Gasteiger partial charge >= 0.3 is 0 Å². The molecule has 0 radical (unpaired) electrons. The summed E-state index contributed by atoms with van der Waals surface area (Å²) in [5.74, 6) is 0.698. The van der Waals surface area contributed by atoms with E-state index in [9.17, 15) is 4.79 Å². The summed E-state index contributed by atoms with van der Waals surface area (Å²) in [7, 11) is 0. The van der Waals surface area contributed by atoms with Crippen molar-refractivity contribution in [2.75, 3.05) is 6.61 Å². The Morgan fingerprint density at radius 2 is 1.75 bits per heavy atom. The first-order valence-corrected chi connectivity index (χ1v) is 11.5. The van der Waals surface area contributed by atoms with Crippen molar-refractivity contribution in [3.63, 3.8) is 0 Å². The van der Waals surface area contributed by atoms with Crippen molar-refractivity contribution in [3.8, 4) is 5.75 Å². The SMILES string of the molecule is Cc1ncsc1C1=C(c2ccccn2)C(=O)c2cc(OCCCc3ccccc3)ccc21. The number of hydrogen-bond donors (Lipinski definition) is 0. The van der Waals surface area contributed by atoms with Crippen LogP contribution in [0.15, 0.2) is 78.4 Å². The predicted octanol–water partition coefficient (Wildman–Crippen LogP) is 6.01. The Kier molecular flexibility index (Phi) is 5.65. The first-order valence-electron chi connectivity index (χ1n) is 10.6. The molecule has 5 heteroatoms. The summed E-state index contributed by atoms with van der Waals surface area (Å²) >= 11 is 1.55. The zero-order valence-corrected chi connectivity index (χ0v) is 18.6. The quantitative estimate of drug-likeness (QED) is 0.331. The van der Waals surface area contributed by atoms with Gasteiger partial charge in [0.1, 0.15) is 5.75 Å². The number of aromatic nitrogens is 2. The molecule has 0 saturated carbocycles. The molecule has 2 aromatic carbocycles. The molecule has 2 heterocycles. The molecule has 0 spiro atoms. The summed E-state index contributed by atoms with van der Waals surface area (Å²) < 4.78 is 6.00. The molecular formula is C27H22N2O2S. The number of carbonyl (C=O) groups excluding carboxylic acids is 1. The van der Waals surface area contributed by atoms with Crippen LogP contribution in [0.2, 0.25) is 0 Å². The van der Waals surface area contributed by atoms with Crippen molar-refractivity contribution in [2.24, 2.45) is 0 Å². The molecule has 0 saturated heterocycles. The van der Waals surface area contributed by atoms with Crippen LogP contribution < -0.4 is 4.74 Å². The second kappa shape index (κ2) is 8.89. The number of ketones is 1. The predicted molar refractivity (Wildman–Crippen MR) is 128 cm³/mol. The number of allylic oxidation sites excluding steroid dienone is 1. The van der Waals surface area contributed by atoms with Crippen molar-refractivity contribution in [1.29, 1.82) is 0 Å². The molecule has 0 amide bonds. The van der Waals surface area contributed by atoms with E-state index < -0.39 is 0 Å². The average molecular weight is 439 g/mol. The molecule has 4 nitrogen and oxygen atoms in total. The number of aryl methyl sites for hydroxylation is 2. The van der Waals surface area contributed by atoms with Gasteiger partial charge < -0.3 is 4.74 Å². The van der Waals surface area contributed by atoms with Gasteiger partial charge in [0.25, 0.3) is 0 Å². The van der Waals surface area contributed by atoms with E-state index in [2.05, 4.69) is 34.2 Å². The standard InChI is InChI=1S/C27H22N2O2S/c1-18-27(32-17-29-18)24-21-13-12-20(31-15-7-10-19-8-3-2-4-9-19)16-22(21)26(30)25(24)23-11-5-6-14-28-23/h2-6,8-9,11-14,16-17H,7,10,15H2,1H3. The lowest BCUT2D eigenvalue weighted by molar-refractivity contribution is 0.105. The molecule has 2 aromatic heterocycles. The van der Waals surface area contributed by atoms with E-state index in [-0.39, 0.29) is 5.78 Å². The van der Waals surface area contributed by atoms with Gasteiger partial charge in [0.15, 0.2) is 5.78 Å². The van der Waals surface area contributed by atoms with Crippen molar-refractivity contribution in [3.05, 3.63) is 111 Å². The van der Waals surface area contributed by atoms with E-state index in [0.717, 1.165) is 34.5 Å². The molecule has 0 aliphatic heterocycles. The number of fused-ring (bicyclic) bond motifs is 1. The molecule has 0 N–H and O–H groups in total. The van der Waals surface area contributed by atoms with Crippen LogP contribution in [0.3, 0.4) is 0 Å². The van der Waals surface area contributed by atoms with Crippen LogP contribution in [0.4, 0.5) is 0 Å². The molecule has 0 unspecified atom stereocenters. The lowest BCUT2D eigenvalue weighted by Gasteiger charge is -2.09. The molecular weight excluding hydrogens is 416 g/mol. The summed E-state index contributed by atoms with van der Waals surface area (Å²) in [5.41, 5.74) is 7.85. The molecule has 1 aliphatic carbocycles. The number of rotatable bonds is 7. The van der Waals surface area contributed by atoms with Crippen molar-refractivity contribution >= 4 is 28.3 Å². The van der Waals surface area contributed by atoms with Crippen molar-refractivity contribution in [1.82, 2.24) is 9.97 Å². The van der Waals surface area contributed by atoms with E-state index in [1.54, 1.807) is 17.5 Å². The maximum absolute atomic E-state index is 13.5. The monoisotopic (exact) mass is 438 g/mol. The lowest BCUT2D eigenvalue weighted by atomic mass is 10.0. The fourth-order valence-corrected chi connectivity index (χ4v) is 4.91. The highest BCUT2D eigenvalue weighted by atomic mass is 32.1. The van der Waals surface area contributed by atoms with Gasteiger partial charge in [-0.2, -0.15) is 0 Å². The summed E-state index contributed by atoms with van der Waals surface area (Å²) in [6.45, 7) is 2.57. The third kappa shape index (κ3) is 3.87. The molecule has 1 aliphatic rings. The van der Waals surface area contributed by atoms with Gasteiger partial charge in [0.05, 0.1) is 34.0 Å². The molecule has 5 rings (SSSR count). The number of thiazole rings is 1. The third-order valence-electron chi connectivity index (χ3n) is 5.60. The fraction of sp³-hybridized carbons (Fsp3) is 0.148. The summed E-state index contributed by atoms with van der Waals surface area (Å²) in [5, 5.41) is 0. The van der Waals surface area contributed by atoms with Crippen LogP contribution in [0, 0.1) is 6.92 Å². The van der Waals surface area contributed by atoms with Crippen LogP contribution in [-0.2, 0) is 6.42 Å². The Balaban J connectivity index is 1.42. The Morgan fingerprint density at radius 3 is 2.50 bits per heavy atom. The molecule has 0 atom stereocenters. The molecule has 0 bridgehead atoms. The van der Waals surface area contributed by atoms with Crippen LogP contribution in [0.5, 0.6) is 5.75 Å². The highest BCUT2D eigenvalue weighted by Gasteiger charge is 2.33. The largest absolute Gasteiger partial charge is 0.494 e. The minimum absolute atomic E-state index is 0.0174. The van der Waals surface area contributed by atoms with E-state index in [1.165, 1.54) is 5.56 Å². The molecule has 32 heavy (non-hydrogen) atoms. The summed E-state index contributed by atoms with van der Waals surface area (Å²) in [6.07, 6.45) is 3.60. The fourth-order valence-electron chi connectivity index (χ4n) is 4.05. The second-order valence-corrected chi connectivity index (χ2v) is 8.56. The van der Waals surface area contributed by atoms with Gasteiger partial charge in [-0.25, -0.2) is 4.98 Å². The average Bonchev–Trinajstić information content (AvgIpc) is 3.38. The summed E-state index contributed by atoms with van der Waals surface area (Å²) in [6, 6.07) is 21.8. The zero-order valence-electron chi connectivity index (χ0n) is 17.7. The minimum Gasteiger partial charge on any atom is -0.494 e. The topological polar surface area (TPSA) is 52.1 Å². The third-order valence-corrected chi connectivity index (χ3v) is 6.54. The van der Waals surface area contributed by atoms with Crippen LogP contribution >= 0.6 is 11.3 Å². The normalized spacial score (nSPS) is 12.8. The van der Waals surface area contributed by atoms with Gasteiger partial charge in [0.2, 0.25) is 0 Å². The molecule has 4 aromatic rings. The molecule has 158 valence electrons. The van der Waals surface area contributed by atoms with Gasteiger partial charge in [-0.1, -0.05) is 36.4 Å². The highest BCUT2D eigenvalue weighted by molar-refractivity contribution is 7.11. The van der Waals surface area contributed by atoms with E-state index in [4.69, 9.17) is 4.74 Å². The Bertz CT molecular complexity index is 1290.